The highest BCUT2D eigenvalue weighted by atomic mass is 16.6. The van der Waals surface area contributed by atoms with Crippen LogP contribution in [0.5, 0.6) is 0 Å². The number of nitrogens with one attached hydrogen (secondary N) is 2. The molecule has 0 unspecified atom stereocenters. The first kappa shape index (κ1) is 14.6. The van der Waals surface area contributed by atoms with E-state index in [0.29, 0.717) is 11.3 Å². The molecular weight excluding hydrogens is 252 g/mol. The fraction of sp³-hybridized carbons (Fsp3) is 0.273. The van der Waals surface area contributed by atoms with Crippen LogP contribution in [0.2, 0.25) is 0 Å². The first-order valence-corrected chi connectivity index (χ1v) is 5.45. The maximum absolute atomic E-state index is 11.5. The van der Waals surface area contributed by atoms with Gasteiger partial charge in [0.1, 0.15) is 0 Å². The molecule has 0 heterocycles. The number of hydrogen-bond acceptors (Lipinski definition) is 5. The van der Waals surface area contributed by atoms with E-state index in [9.17, 15) is 19.7 Å². The normalized spacial score (nSPS) is 9.79. The summed E-state index contributed by atoms with van der Waals surface area (Å²) in [5, 5.41) is 15.4. The number of amides is 2. The molecule has 0 aliphatic heterocycles. The lowest BCUT2D eigenvalue weighted by molar-refractivity contribution is -0.384. The zero-order chi connectivity index (χ0) is 14.4. The van der Waals surface area contributed by atoms with Gasteiger partial charge in [-0.15, -0.1) is 0 Å². The first-order valence-electron chi connectivity index (χ1n) is 5.45. The average molecular weight is 266 g/mol. The minimum absolute atomic E-state index is 0.119. The maximum Gasteiger partial charge on any atom is 0.271 e. The van der Waals surface area contributed by atoms with Crippen LogP contribution in [0.4, 0.5) is 11.4 Å². The van der Waals surface area contributed by atoms with E-state index in [2.05, 4.69) is 10.6 Å². The number of hydrogen-bond donors (Lipinski definition) is 3. The van der Waals surface area contributed by atoms with Crippen molar-refractivity contribution in [1.29, 1.82) is 0 Å². The summed E-state index contributed by atoms with van der Waals surface area (Å²) in [5.74, 6) is -0.934. The molecular formula is C11H14N4O4. The Balaban J connectivity index is 2.70. The van der Waals surface area contributed by atoms with E-state index in [0.717, 1.165) is 0 Å². The van der Waals surface area contributed by atoms with Gasteiger partial charge in [0.2, 0.25) is 11.8 Å². The van der Waals surface area contributed by atoms with Gasteiger partial charge in [-0.3, -0.25) is 19.7 Å². The Hall–Kier alpha value is -2.48. The third-order valence-corrected chi connectivity index (χ3v) is 2.34. The van der Waals surface area contributed by atoms with Crippen LogP contribution in [0.25, 0.3) is 0 Å². The molecule has 0 saturated heterocycles. The van der Waals surface area contributed by atoms with Crippen LogP contribution in [0, 0.1) is 17.0 Å². The van der Waals surface area contributed by atoms with Gasteiger partial charge in [-0.05, 0) is 12.5 Å². The Kier molecular flexibility index (Phi) is 4.95. The summed E-state index contributed by atoms with van der Waals surface area (Å²) in [6.45, 7) is 1.26. The highest BCUT2D eigenvalue weighted by Crippen LogP contribution is 2.21. The zero-order valence-electron chi connectivity index (χ0n) is 10.3. The third-order valence-electron chi connectivity index (χ3n) is 2.34. The van der Waals surface area contributed by atoms with Gasteiger partial charge in [0.05, 0.1) is 23.7 Å². The van der Waals surface area contributed by atoms with Crippen molar-refractivity contribution in [3.05, 3.63) is 33.9 Å². The Morgan fingerprint density at radius 1 is 1.37 bits per heavy atom. The molecule has 0 aliphatic carbocycles. The van der Waals surface area contributed by atoms with Crippen LogP contribution in [0.15, 0.2) is 18.2 Å². The molecule has 1 aromatic carbocycles. The van der Waals surface area contributed by atoms with Gasteiger partial charge < -0.3 is 16.4 Å². The monoisotopic (exact) mass is 266 g/mol. The van der Waals surface area contributed by atoms with Crippen LogP contribution in [0.1, 0.15) is 5.56 Å². The molecule has 8 heteroatoms. The predicted molar refractivity (Wildman–Crippen MR) is 68.5 cm³/mol. The van der Waals surface area contributed by atoms with E-state index in [4.69, 9.17) is 5.73 Å². The molecule has 4 N–H and O–H groups in total. The SMILES string of the molecule is Cc1ccc([N+](=O)[O-])cc1NC(=O)CNC(=O)CN. The van der Waals surface area contributed by atoms with Gasteiger partial charge in [-0.2, -0.15) is 0 Å². The molecule has 1 aromatic rings. The number of non-ortho nitro benzene ring substituents is 1. The molecule has 0 bridgehead atoms. The van der Waals surface area contributed by atoms with E-state index in [1.54, 1.807) is 6.92 Å². The fourth-order valence-electron chi connectivity index (χ4n) is 1.30. The number of rotatable bonds is 5. The zero-order valence-corrected chi connectivity index (χ0v) is 10.3. The second-order valence-corrected chi connectivity index (χ2v) is 3.79. The Labute approximate surface area is 109 Å². The summed E-state index contributed by atoms with van der Waals surface area (Å²) in [5.41, 5.74) is 5.97. The van der Waals surface area contributed by atoms with Crippen molar-refractivity contribution in [2.24, 2.45) is 5.73 Å². The van der Waals surface area contributed by atoms with Gasteiger partial charge in [0, 0.05) is 12.1 Å². The summed E-state index contributed by atoms with van der Waals surface area (Å²) < 4.78 is 0. The van der Waals surface area contributed by atoms with Gasteiger partial charge in [-0.1, -0.05) is 6.07 Å². The number of nitro benzene ring substituents is 1. The number of aryl methyl sites for hydroxylation is 1. The molecule has 0 aliphatic rings. The number of carbonyl (C=O) groups is 2. The summed E-state index contributed by atoms with van der Waals surface area (Å²) in [4.78, 5) is 32.5. The van der Waals surface area contributed by atoms with E-state index < -0.39 is 16.7 Å². The van der Waals surface area contributed by atoms with Crippen molar-refractivity contribution < 1.29 is 14.5 Å². The van der Waals surface area contributed by atoms with Gasteiger partial charge in [-0.25, -0.2) is 0 Å². The van der Waals surface area contributed by atoms with Gasteiger partial charge in [0.25, 0.3) is 5.69 Å². The molecule has 0 saturated carbocycles. The van der Waals surface area contributed by atoms with Gasteiger partial charge >= 0.3 is 0 Å². The fourth-order valence-corrected chi connectivity index (χ4v) is 1.30. The Bertz CT molecular complexity index is 515. The molecule has 19 heavy (non-hydrogen) atoms. The van der Waals surface area contributed by atoms with Crippen LogP contribution in [-0.4, -0.2) is 29.8 Å². The Morgan fingerprint density at radius 2 is 2.05 bits per heavy atom. The minimum Gasteiger partial charge on any atom is -0.346 e. The summed E-state index contributed by atoms with van der Waals surface area (Å²) in [6.07, 6.45) is 0. The molecule has 0 aromatic heterocycles. The van der Waals surface area contributed by atoms with Crippen molar-refractivity contribution in [2.45, 2.75) is 6.92 Å². The third kappa shape index (κ3) is 4.36. The number of anilines is 1. The standard InChI is InChI=1S/C11H14N4O4/c1-7-2-3-8(15(18)19)4-9(7)14-11(17)6-13-10(16)5-12/h2-4H,5-6,12H2,1H3,(H,13,16)(H,14,17). The van der Waals surface area contributed by atoms with Crippen LogP contribution in [0.3, 0.4) is 0 Å². The lowest BCUT2D eigenvalue weighted by atomic mass is 10.2. The quantitative estimate of drug-likeness (QED) is 0.507. The number of nitrogens with two attached hydrogens (primary N) is 1. The van der Waals surface area contributed by atoms with Crippen molar-refractivity contribution in [3.8, 4) is 0 Å². The van der Waals surface area contributed by atoms with Gasteiger partial charge in [0.15, 0.2) is 0 Å². The van der Waals surface area contributed by atoms with E-state index in [1.165, 1.54) is 18.2 Å². The summed E-state index contributed by atoms with van der Waals surface area (Å²) >= 11 is 0. The number of benzene rings is 1. The highest BCUT2D eigenvalue weighted by molar-refractivity contribution is 5.95. The smallest absolute Gasteiger partial charge is 0.271 e. The molecule has 8 nitrogen and oxygen atoms in total. The molecule has 102 valence electrons. The van der Waals surface area contributed by atoms with E-state index in [1.807, 2.05) is 0 Å². The number of nitro groups is 1. The largest absolute Gasteiger partial charge is 0.346 e. The van der Waals surface area contributed by atoms with Crippen LogP contribution in [-0.2, 0) is 9.59 Å². The minimum atomic E-state index is -0.550. The van der Waals surface area contributed by atoms with Crippen LogP contribution < -0.4 is 16.4 Å². The average Bonchev–Trinajstić information content (AvgIpc) is 2.38. The van der Waals surface area contributed by atoms with E-state index in [-0.39, 0.29) is 18.8 Å². The van der Waals surface area contributed by atoms with Crippen molar-refractivity contribution in [3.63, 3.8) is 0 Å². The number of carbonyl (C=O) groups excluding carboxylic acids is 2. The van der Waals surface area contributed by atoms with Crippen molar-refractivity contribution in [1.82, 2.24) is 5.32 Å². The summed E-state index contributed by atoms with van der Waals surface area (Å²) in [7, 11) is 0. The van der Waals surface area contributed by atoms with Crippen molar-refractivity contribution in [2.75, 3.05) is 18.4 Å². The second-order valence-electron chi connectivity index (χ2n) is 3.79. The predicted octanol–water partition coefficient (Wildman–Crippen LogP) is -0.0834. The van der Waals surface area contributed by atoms with Crippen LogP contribution >= 0.6 is 0 Å². The molecule has 0 fully saturated rings. The molecule has 0 atom stereocenters. The van der Waals surface area contributed by atoms with Crippen molar-refractivity contribution >= 4 is 23.2 Å². The molecule has 1 rings (SSSR count). The lowest BCUT2D eigenvalue weighted by Crippen LogP contribution is -2.36. The highest BCUT2D eigenvalue weighted by Gasteiger charge is 2.11. The Morgan fingerprint density at radius 3 is 2.63 bits per heavy atom. The first-order chi connectivity index (χ1) is 8.93. The second kappa shape index (κ2) is 6.45. The number of nitrogens with zero attached hydrogens (tertiary/aromatic N) is 1. The molecule has 0 radical (unpaired) electrons. The lowest BCUT2D eigenvalue weighted by Gasteiger charge is -2.08. The molecule has 0 spiro atoms. The summed E-state index contributed by atoms with van der Waals surface area (Å²) in [6, 6.07) is 4.14. The topological polar surface area (TPSA) is 127 Å². The van der Waals surface area contributed by atoms with E-state index >= 15 is 0 Å². The molecule has 2 amide bonds. The maximum atomic E-state index is 11.5.